The highest BCUT2D eigenvalue weighted by Gasteiger charge is 2.34. The van der Waals surface area contributed by atoms with Crippen LogP contribution in [0.15, 0.2) is 23.3 Å². The maximum atomic E-state index is 3.98. The number of allylic oxidation sites excluding steroid dienone is 3. The molecule has 0 heterocycles. The van der Waals surface area contributed by atoms with E-state index in [1.54, 1.807) is 11.1 Å². The predicted octanol–water partition coefficient (Wildman–Crippen LogP) is 3.55. The van der Waals surface area contributed by atoms with Gasteiger partial charge in [-0.25, -0.2) is 0 Å². The third kappa shape index (κ3) is 1.40. The van der Waals surface area contributed by atoms with E-state index in [0.29, 0.717) is 0 Å². The minimum absolute atomic E-state index is 0.738. The van der Waals surface area contributed by atoms with E-state index in [1.807, 2.05) is 0 Å². The van der Waals surface area contributed by atoms with Gasteiger partial charge in [-0.15, -0.1) is 0 Å². The van der Waals surface area contributed by atoms with Gasteiger partial charge in [0, 0.05) is 5.92 Å². The quantitative estimate of drug-likeness (QED) is 0.577. The van der Waals surface area contributed by atoms with Gasteiger partial charge in [-0.05, 0) is 24.8 Å². The molecule has 1 aliphatic rings. The molecule has 2 atom stereocenters. The first-order valence-electron chi connectivity index (χ1n) is 4.49. The topological polar surface area (TPSA) is 0 Å². The fraction of sp³-hybridized carbons (Fsp3) is 0.636. The van der Waals surface area contributed by atoms with Gasteiger partial charge in [0.2, 0.25) is 0 Å². The normalized spacial score (nSPS) is 25.3. The van der Waals surface area contributed by atoms with Gasteiger partial charge < -0.3 is 0 Å². The average Bonchev–Trinajstić information content (AvgIpc) is 2.60. The van der Waals surface area contributed by atoms with Crippen molar-refractivity contribution in [2.45, 2.75) is 34.1 Å². The van der Waals surface area contributed by atoms with Crippen LogP contribution in [0.5, 0.6) is 0 Å². The molecule has 0 fully saturated rings. The van der Waals surface area contributed by atoms with Crippen LogP contribution in [0.3, 0.4) is 0 Å². The Balaban J connectivity index is 2.68. The largest absolute Gasteiger partial charge is 0.0958 e. The molecule has 0 aromatic rings. The molecule has 0 aliphatic heterocycles. The van der Waals surface area contributed by atoms with Crippen molar-refractivity contribution in [1.82, 2.24) is 0 Å². The Hall–Kier alpha value is -0.520. The highest BCUT2D eigenvalue weighted by Crippen LogP contribution is 2.48. The van der Waals surface area contributed by atoms with Crippen molar-refractivity contribution < 1.29 is 0 Å². The first-order chi connectivity index (χ1) is 5.09. The standard InChI is InChI=1S/C11H18/c1-6-8(4)11-9(5)10(11)7(2)3/h8-9H,2,6H2,1,3-5H3. The summed E-state index contributed by atoms with van der Waals surface area (Å²) in [6.45, 7) is 12.9. The molecule has 0 amide bonds. The van der Waals surface area contributed by atoms with Gasteiger partial charge in [0.05, 0.1) is 0 Å². The predicted molar refractivity (Wildman–Crippen MR) is 50.5 cm³/mol. The molecular weight excluding hydrogens is 132 g/mol. The van der Waals surface area contributed by atoms with Crippen LogP contribution in [-0.2, 0) is 0 Å². The minimum atomic E-state index is 0.738. The SMILES string of the molecule is C=C(C)C1=C(C(C)CC)C1C. The Kier molecular flexibility index (Phi) is 2.22. The van der Waals surface area contributed by atoms with Crippen LogP contribution in [0.4, 0.5) is 0 Å². The van der Waals surface area contributed by atoms with Crippen LogP contribution in [0, 0.1) is 11.8 Å². The molecule has 0 aromatic heterocycles. The summed E-state index contributed by atoms with van der Waals surface area (Å²) in [7, 11) is 0. The van der Waals surface area contributed by atoms with Crippen molar-refractivity contribution >= 4 is 0 Å². The Morgan fingerprint density at radius 1 is 1.64 bits per heavy atom. The second kappa shape index (κ2) is 2.84. The molecule has 0 nitrogen and oxygen atoms in total. The molecule has 0 saturated carbocycles. The summed E-state index contributed by atoms with van der Waals surface area (Å²) >= 11 is 0. The van der Waals surface area contributed by atoms with Crippen LogP contribution >= 0.6 is 0 Å². The second-order valence-electron chi connectivity index (χ2n) is 3.68. The van der Waals surface area contributed by atoms with Crippen LogP contribution in [0.25, 0.3) is 0 Å². The first kappa shape index (κ1) is 8.58. The van der Waals surface area contributed by atoms with Crippen LogP contribution in [0.1, 0.15) is 34.1 Å². The lowest BCUT2D eigenvalue weighted by Gasteiger charge is -2.01. The Morgan fingerprint density at radius 2 is 2.18 bits per heavy atom. The number of rotatable bonds is 3. The molecule has 11 heavy (non-hydrogen) atoms. The lowest BCUT2D eigenvalue weighted by Crippen LogP contribution is -1.89. The van der Waals surface area contributed by atoms with Crippen molar-refractivity contribution in [2.24, 2.45) is 11.8 Å². The highest BCUT2D eigenvalue weighted by atomic mass is 14.4. The van der Waals surface area contributed by atoms with E-state index in [-0.39, 0.29) is 0 Å². The molecule has 0 radical (unpaired) electrons. The molecular formula is C11H18. The van der Waals surface area contributed by atoms with Crippen molar-refractivity contribution in [2.75, 3.05) is 0 Å². The van der Waals surface area contributed by atoms with Crippen molar-refractivity contribution in [1.29, 1.82) is 0 Å². The van der Waals surface area contributed by atoms with Crippen LogP contribution < -0.4 is 0 Å². The third-order valence-corrected chi connectivity index (χ3v) is 2.73. The maximum absolute atomic E-state index is 3.98. The molecule has 0 spiro atoms. The number of hydrogen-bond donors (Lipinski definition) is 0. The van der Waals surface area contributed by atoms with Crippen molar-refractivity contribution in [3.05, 3.63) is 23.3 Å². The van der Waals surface area contributed by atoms with Gasteiger partial charge in [0.15, 0.2) is 0 Å². The molecule has 0 bridgehead atoms. The summed E-state index contributed by atoms with van der Waals surface area (Å²) < 4.78 is 0. The maximum Gasteiger partial charge on any atom is 0.00309 e. The lowest BCUT2D eigenvalue weighted by molar-refractivity contribution is 0.649. The molecule has 0 heteroatoms. The zero-order valence-electron chi connectivity index (χ0n) is 8.07. The number of hydrogen-bond acceptors (Lipinski definition) is 0. The summed E-state index contributed by atoms with van der Waals surface area (Å²) in [5.74, 6) is 1.51. The van der Waals surface area contributed by atoms with Gasteiger partial charge in [0.1, 0.15) is 0 Å². The van der Waals surface area contributed by atoms with Crippen molar-refractivity contribution in [3.63, 3.8) is 0 Å². The summed E-state index contributed by atoms with van der Waals surface area (Å²) in [4.78, 5) is 0. The van der Waals surface area contributed by atoms with E-state index in [9.17, 15) is 0 Å². The van der Waals surface area contributed by atoms with Gasteiger partial charge in [-0.3, -0.25) is 0 Å². The highest BCUT2D eigenvalue weighted by molar-refractivity contribution is 5.52. The molecule has 62 valence electrons. The lowest BCUT2D eigenvalue weighted by atomic mass is 10.0. The summed E-state index contributed by atoms with van der Waals surface area (Å²) in [5, 5.41) is 0. The Labute approximate surface area is 70.0 Å². The van der Waals surface area contributed by atoms with Crippen molar-refractivity contribution in [3.8, 4) is 0 Å². The third-order valence-electron chi connectivity index (χ3n) is 2.73. The molecule has 1 aliphatic carbocycles. The van der Waals surface area contributed by atoms with E-state index >= 15 is 0 Å². The van der Waals surface area contributed by atoms with Crippen LogP contribution in [0.2, 0.25) is 0 Å². The molecule has 0 aromatic carbocycles. The van der Waals surface area contributed by atoms with Gasteiger partial charge >= 0.3 is 0 Å². The minimum Gasteiger partial charge on any atom is -0.0958 e. The molecule has 0 saturated heterocycles. The summed E-state index contributed by atoms with van der Waals surface area (Å²) in [5.41, 5.74) is 4.46. The van der Waals surface area contributed by atoms with E-state index in [1.165, 1.54) is 12.0 Å². The fourth-order valence-corrected chi connectivity index (χ4v) is 1.89. The average molecular weight is 150 g/mol. The Morgan fingerprint density at radius 3 is 2.45 bits per heavy atom. The smallest absolute Gasteiger partial charge is 0.00309 e. The van der Waals surface area contributed by atoms with Gasteiger partial charge in [0.25, 0.3) is 0 Å². The fourth-order valence-electron chi connectivity index (χ4n) is 1.89. The summed E-state index contributed by atoms with van der Waals surface area (Å²) in [6.07, 6.45) is 1.26. The first-order valence-corrected chi connectivity index (χ1v) is 4.49. The molecule has 2 unspecified atom stereocenters. The van der Waals surface area contributed by atoms with Gasteiger partial charge in [-0.1, -0.05) is 38.5 Å². The second-order valence-corrected chi connectivity index (χ2v) is 3.68. The monoisotopic (exact) mass is 150 g/mol. The van der Waals surface area contributed by atoms with E-state index in [2.05, 4.69) is 34.3 Å². The summed E-state index contributed by atoms with van der Waals surface area (Å²) in [6, 6.07) is 0. The van der Waals surface area contributed by atoms with Gasteiger partial charge in [-0.2, -0.15) is 0 Å². The zero-order valence-corrected chi connectivity index (χ0v) is 8.07. The molecule has 0 N–H and O–H groups in total. The van der Waals surface area contributed by atoms with Crippen LogP contribution in [-0.4, -0.2) is 0 Å². The molecule has 1 rings (SSSR count). The Bertz CT molecular complexity index is 208. The zero-order chi connectivity index (χ0) is 8.59. The van der Waals surface area contributed by atoms with E-state index < -0.39 is 0 Å². The van der Waals surface area contributed by atoms with E-state index in [4.69, 9.17) is 0 Å². The van der Waals surface area contributed by atoms with E-state index in [0.717, 1.165) is 11.8 Å².